The van der Waals surface area contributed by atoms with Gasteiger partial charge in [0.25, 0.3) is 0 Å². The second-order valence-electron chi connectivity index (χ2n) is 9.73. The lowest BCUT2D eigenvalue weighted by atomic mass is 10.0. The molecule has 1 aliphatic rings. The third kappa shape index (κ3) is 5.43. The average Bonchev–Trinajstić information content (AvgIpc) is 3.33. The zero-order valence-corrected chi connectivity index (χ0v) is 23.0. The number of benzene rings is 4. The van der Waals surface area contributed by atoms with Crippen LogP contribution in [0.15, 0.2) is 97.1 Å². The molecule has 196 valence electrons. The van der Waals surface area contributed by atoms with E-state index in [1.165, 1.54) is 35.4 Å². The van der Waals surface area contributed by atoms with Crippen molar-refractivity contribution in [3.8, 4) is 0 Å². The summed E-state index contributed by atoms with van der Waals surface area (Å²) < 4.78 is 61.3. The summed E-state index contributed by atoms with van der Waals surface area (Å²) in [7, 11) is -2.80. The monoisotopic (exact) mass is 553 g/mol. The Morgan fingerprint density at radius 2 is 1.08 bits per heavy atom. The highest BCUT2D eigenvalue weighted by Gasteiger charge is 2.46. The van der Waals surface area contributed by atoms with Crippen molar-refractivity contribution >= 4 is 26.8 Å². The molecule has 7 heteroatoms. The Morgan fingerprint density at radius 1 is 0.658 bits per heavy atom. The molecule has 4 aromatic carbocycles. The lowest BCUT2D eigenvalue weighted by molar-refractivity contribution is 0.562. The van der Waals surface area contributed by atoms with Gasteiger partial charge in [-0.1, -0.05) is 60.7 Å². The van der Waals surface area contributed by atoms with Crippen molar-refractivity contribution in [3.63, 3.8) is 0 Å². The maximum absolute atomic E-state index is 15.5. The first kappa shape index (κ1) is 27.0. The maximum atomic E-state index is 15.5. The molecule has 0 radical (unpaired) electrons. The molecule has 2 atom stereocenters. The second kappa shape index (κ2) is 11.7. The molecule has 1 fully saturated rings. The molecule has 5 rings (SSSR count). The van der Waals surface area contributed by atoms with Crippen molar-refractivity contribution in [1.29, 1.82) is 0 Å². The number of hydrogen-bond acceptors (Lipinski definition) is 1. The molecular formula is C31H29F4NP2. The summed E-state index contributed by atoms with van der Waals surface area (Å²) in [6.07, 6.45) is 1.89. The number of halogens is 4. The fourth-order valence-corrected chi connectivity index (χ4v) is 12.9. The van der Waals surface area contributed by atoms with Gasteiger partial charge in [-0.2, -0.15) is 0 Å². The Balaban J connectivity index is 1.74. The predicted molar refractivity (Wildman–Crippen MR) is 150 cm³/mol. The van der Waals surface area contributed by atoms with Crippen LogP contribution in [0.5, 0.6) is 0 Å². The van der Waals surface area contributed by atoms with Gasteiger partial charge in [-0.25, -0.2) is 22.0 Å². The zero-order valence-electron chi connectivity index (χ0n) is 21.2. The van der Waals surface area contributed by atoms with Gasteiger partial charge in [0.2, 0.25) is 0 Å². The molecule has 0 N–H and O–H groups in total. The summed E-state index contributed by atoms with van der Waals surface area (Å²) in [5.41, 5.74) is 2.76. The lowest BCUT2D eigenvalue weighted by Crippen LogP contribution is -2.34. The highest BCUT2D eigenvalue weighted by atomic mass is 31.2. The van der Waals surface area contributed by atoms with E-state index in [4.69, 9.17) is 0 Å². The first-order valence-electron chi connectivity index (χ1n) is 12.7. The summed E-state index contributed by atoms with van der Waals surface area (Å²) in [5, 5.41) is 0.488. The lowest BCUT2D eigenvalue weighted by Gasteiger charge is -2.45. The number of rotatable bonds is 7. The van der Waals surface area contributed by atoms with Gasteiger partial charge in [-0.15, -0.1) is 0 Å². The molecule has 0 aromatic heterocycles. The third-order valence-electron chi connectivity index (χ3n) is 6.90. The molecule has 1 nitrogen and oxygen atoms in total. The molecule has 0 unspecified atom stereocenters. The average molecular weight is 554 g/mol. The first-order valence-corrected chi connectivity index (χ1v) is 15.5. The van der Waals surface area contributed by atoms with Gasteiger partial charge in [0.15, 0.2) is 0 Å². The fourth-order valence-electron chi connectivity index (χ4n) is 5.33. The van der Waals surface area contributed by atoms with Gasteiger partial charge in [0.1, 0.15) is 23.3 Å². The van der Waals surface area contributed by atoms with E-state index in [2.05, 4.69) is 28.7 Å². The van der Waals surface area contributed by atoms with E-state index in [0.29, 0.717) is 0 Å². The van der Waals surface area contributed by atoms with Crippen LogP contribution in [0.25, 0.3) is 0 Å². The Kier molecular flexibility index (Phi) is 8.29. The minimum absolute atomic E-state index is 0.0864. The molecule has 4 aromatic rings. The third-order valence-corrected chi connectivity index (χ3v) is 13.9. The maximum Gasteiger partial charge on any atom is 0.135 e. The van der Waals surface area contributed by atoms with Crippen molar-refractivity contribution in [2.45, 2.75) is 44.0 Å². The van der Waals surface area contributed by atoms with Gasteiger partial charge >= 0.3 is 0 Å². The Hall–Kier alpha value is -2.58. The molecule has 1 heterocycles. The van der Waals surface area contributed by atoms with E-state index in [1.54, 1.807) is 0 Å². The molecule has 38 heavy (non-hydrogen) atoms. The van der Waals surface area contributed by atoms with E-state index in [1.807, 2.05) is 50.2 Å². The standard InChI is InChI=1S/C31H29F4NP2/c1-21(2)36(38(30-15-13-24(32)19-26(30)34)31-16-14-25(33)20-27(31)35)37-28(22-9-5-3-6-10-22)17-18-29(37)23-11-7-4-8-12-23/h3-16,19-21,28-29H,17-18H2,1-2H3/t28-,29-/m0/s1. The fraction of sp³-hybridized carbons (Fsp3) is 0.226. The van der Waals surface area contributed by atoms with Crippen LogP contribution in [-0.4, -0.2) is 10.5 Å². The highest BCUT2D eigenvalue weighted by Crippen LogP contribution is 2.76. The topological polar surface area (TPSA) is 3.24 Å². The minimum atomic E-state index is -1.79. The van der Waals surface area contributed by atoms with Crippen LogP contribution < -0.4 is 10.6 Å². The predicted octanol–water partition coefficient (Wildman–Crippen LogP) is 8.97. The Morgan fingerprint density at radius 3 is 1.45 bits per heavy atom. The molecule has 0 saturated carbocycles. The number of hydrogen-bond donors (Lipinski definition) is 0. The van der Waals surface area contributed by atoms with Crippen LogP contribution in [0, 0.1) is 23.3 Å². The van der Waals surface area contributed by atoms with E-state index < -0.39 is 39.4 Å². The smallest absolute Gasteiger partial charge is 0.135 e. The molecule has 0 amide bonds. The quantitative estimate of drug-likeness (QED) is 0.163. The van der Waals surface area contributed by atoms with E-state index >= 15 is 8.78 Å². The SMILES string of the molecule is CC(C)N(P(c1ccc(F)cc1F)c1ccc(F)cc1F)P1[C@H](c2ccccc2)CC[C@H]1c1ccccc1. The van der Waals surface area contributed by atoms with Gasteiger partial charge < -0.3 is 0 Å². The van der Waals surface area contributed by atoms with Crippen LogP contribution in [0.1, 0.15) is 49.1 Å². The molecule has 1 saturated heterocycles. The van der Waals surface area contributed by atoms with Crippen LogP contribution >= 0.6 is 16.1 Å². The second-order valence-corrected chi connectivity index (χ2v) is 14.5. The van der Waals surface area contributed by atoms with E-state index in [-0.39, 0.29) is 28.0 Å². The molecule has 0 spiro atoms. The van der Waals surface area contributed by atoms with Crippen LogP contribution in [0.3, 0.4) is 0 Å². The van der Waals surface area contributed by atoms with Crippen LogP contribution in [0.4, 0.5) is 17.6 Å². The van der Waals surface area contributed by atoms with Gasteiger partial charge in [-0.05, 0) is 70.2 Å². The van der Waals surface area contributed by atoms with E-state index in [0.717, 1.165) is 25.0 Å². The number of nitrogens with zero attached hydrogens (tertiary/aromatic N) is 1. The summed E-state index contributed by atoms with van der Waals surface area (Å²) in [4.78, 5) is 0. The first-order chi connectivity index (χ1) is 18.3. The van der Waals surface area contributed by atoms with Crippen LogP contribution in [0.2, 0.25) is 0 Å². The Labute approximate surface area is 224 Å². The summed E-state index contributed by atoms with van der Waals surface area (Å²) in [6.45, 7) is 4.09. The minimum Gasteiger partial charge on any atom is -0.249 e. The van der Waals surface area contributed by atoms with Gasteiger partial charge in [-0.3, -0.25) is 0 Å². The van der Waals surface area contributed by atoms with Crippen LogP contribution in [-0.2, 0) is 0 Å². The van der Waals surface area contributed by atoms with Gasteiger partial charge in [0, 0.05) is 48.2 Å². The zero-order chi connectivity index (χ0) is 26.8. The van der Waals surface area contributed by atoms with Crippen molar-refractivity contribution in [2.75, 3.05) is 0 Å². The van der Waals surface area contributed by atoms with Crippen molar-refractivity contribution < 1.29 is 17.6 Å². The van der Waals surface area contributed by atoms with E-state index in [9.17, 15) is 8.78 Å². The summed E-state index contributed by atoms with van der Waals surface area (Å²) in [5.74, 6) is -2.81. The highest BCUT2D eigenvalue weighted by molar-refractivity contribution is 7.79. The summed E-state index contributed by atoms with van der Waals surface area (Å²) in [6, 6.07) is 27.5. The molecule has 0 bridgehead atoms. The Bertz CT molecular complexity index is 1280. The molecule has 1 aliphatic heterocycles. The molecule has 0 aliphatic carbocycles. The van der Waals surface area contributed by atoms with Gasteiger partial charge in [0.05, 0.1) is 0 Å². The van der Waals surface area contributed by atoms with Crippen molar-refractivity contribution in [2.24, 2.45) is 0 Å². The largest absolute Gasteiger partial charge is 0.249 e. The van der Waals surface area contributed by atoms with Crippen molar-refractivity contribution in [1.82, 2.24) is 4.44 Å². The normalized spacial score (nSPS) is 18.1. The molecular weight excluding hydrogens is 524 g/mol. The summed E-state index contributed by atoms with van der Waals surface area (Å²) >= 11 is 0. The van der Waals surface area contributed by atoms with Crippen molar-refractivity contribution in [3.05, 3.63) is 131 Å².